The van der Waals surface area contributed by atoms with E-state index in [1.165, 1.54) is 11.8 Å². The summed E-state index contributed by atoms with van der Waals surface area (Å²) in [6, 6.07) is 0. The lowest BCUT2D eigenvalue weighted by atomic mass is 9.77. The van der Waals surface area contributed by atoms with Crippen LogP contribution in [-0.2, 0) is 9.53 Å². The van der Waals surface area contributed by atoms with E-state index in [1.54, 1.807) is 7.05 Å². The van der Waals surface area contributed by atoms with Crippen molar-refractivity contribution < 1.29 is 18.3 Å². The molecule has 1 heterocycles. The normalized spacial score (nSPS) is 32.6. The second kappa shape index (κ2) is 3.46. The molecule has 1 unspecified atom stereocenters. The van der Waals surface area contributed by atoms with E-state index in [2.05, 4.69) is 4.74 Å². The van der Waals surface area contributed by atoms with Crippen LogP contribution < -0.4 is 0 Å². The zero-order valence-corrected chi connectivity index (χ0v) is 8.64. The minimum Gasteiger partial charge on any atom is -0.468 e. The zero-order chi connectivity index (χ0) is 11.0. The minimum atomic E-state index is -3.02. The molecule has 0 radical (unpaired) electrons. The SMILES string of the molecule is COC(=O)C1(C)CCN(C)CC1(F)F. The van der Waals surface area contributed by atoms with E-state index in [-0.39, 0.29) is 6.42 Å². The summed E-state index contributed by atoms with van der Waals surface area (Å²) in [5.74, 6) is -3.84. The highest BCUT2D eigenvalue weighted by atomic mass is 19.3. The molecular formula is C9H15F2NO2. The molecule has 0 aromatic heterocycles. The lowest BCUT2D eigenvalue weighted by molar-refractivity contribution is -0.194. The van der Waals surface area contributed by atoms with Gasteiger partial charge in [-0.05, 0) is 26.9 Å². The van der Waals surface area contributed by atoms with E-state index in [1.807, 2.05) is 0 Å². The molecule has 0 amide bonds. The number of rotatable bonds is 1. The first-order chi connectivity index (χ1) is 6.33. The predicted octanol–water partition coefficient (Wildman–Crippen LogP) is 1.14. The Kier molecular flexibility index (Phi) is 2.81. The molecule has 0 spiro atoms. The van der Waals surface area contributed by atoms with Crippen LogP contribution in [0.25, 0.3) is 0 Å². The number of nitrogens with zero attached hydrogens (tertiary/aromatic N) is 1. The topological polar surface area (TPSA) is 29.5 Å². The van der Waals surface area contributed by atoms with Crippen LogP contribution in [0.5, 0.6) is 0 Å². The first-order valence-corrected chi connectivity index (χ1v) is 4.48. The number of piperidine rings is 1. The van der Waals surface area contributed by atoms with Crippen LogP contribution in [0.2, 0.25) is 0 Å². The van der Waals surface area contributed by atoms with Gasteiger partial charge in [-0.15, -0.1) is 0 Å². The molecule has 0 aromatic rings. The first kappa shape index (κ1) is 11.4. The van der Waals surface area contributed by atoms with Gasteiger partial charge in [0.1, 0.15) is 5.41 Å². The number of carbonyl (C=O) groups is 1. The van der Waals surface area contributed by atoms with Crippen molar-refractivity contribution in [3.8, 4) is 0 Å². The molecule has 1 atom stereocenters. The molecule has 0 saturated carbocycles. The third-order valence-electron chi connectivity index (χ3n) is 2.91. The van der Waals surface area contributed by atoms with Crippen LogP contribution in [0, 0.1) is 5.41 Å². The minimum absolute atomic E-state index is 0.128. The number of methoxy groups -OCH3 is 1. The fourth-order valence-corrected chi connectivity index (χ4v) is 1.67. The zero-order valence-electron chi connectivity index (χ0n) is 8.64. The number of ether oxygens (including phenoxy) is 1. The summed E-state index contributed by atoms with van der Waals surface area (Å²) in [7, 11) is 2.76. The smallest absolute Gasteiger partial charge is 0.317 e. The van der Waals surface area contributed by atoms with Crippen molar-refractivity contribution in [1.82, 2.24) is 4.90 Å². The Bertz CT molecular complexity index is 245. The largest absolute Gasteiger partial charge is 0.468 e. The Labute approximate surface area is 82.0 Å². The van der Waals surface area contributed by atoms with Gasteiger partial charge in [0, 0.05) is 0 Å². The quantitative estimate of drug-likeness (QED) is 0.604. The number of alkyl halides is 2. The van der Waals surface area contributed by atoms with Crippen LogP contribution in [0.4, 0.5) is 8.78 Å². The van der Waals surface area contributed by atoms with E-state index in [0.717, 1.165) is 7.11 Å². The molecule has 1 rings (SSSR count). The molecule has 5 heteroatoms. The second-order valence-electron chi connectivity index (χ2n) is 4.02. The van der Waals surface area contributed by atoms with Crippen molar-refractivity contribution in [3.05, 3.63) is 0 Å². The Morgan fingerprint density at radius 3 is 2.50 bits per heavy atom. The van der Waals surface area contributed by atoms with Gasteiger partial charge < -0.3 is 9.64 Å². The van der Waals surface area contributed by atoms with Crippen molar-refractivity contribution in [1.29, 1.82) is 0 Å². The van der Waals surface area contributed by atoms with Crippen LogP contribution in [0.15, 0.2) is 0 Å². The number of hydrogen-bond donors (Lipinski definition) is 0. The molecule has 0 bridgehead atoms. The summed E-state index contributed by atoms with van der Waals surface area (Å²) in [6.45, 7) is 1.37. The Morgan fingerprint density at radius 1 is 1.50 bits per heavy atom. The summed E-state index contributed by atoms with van der Waals surface area (Å²) in [6.07, 6.45) is 0.128. The number of carbonyl (C=O) groups excluding carboxylic acids is 1. The van der Waals surface area contributed by atoms with Gasteiger partial charge in [0.25, 0.3) is 5.92 Å². The van der Waals surface area contributed by atoms with Crippen LogP contribution >= 0.6 is 0 Å². The molecule has 1 aliphatic rings. The average molecular weight is 207 g/mol. The van der Waals surface area contributed by atoms with Gasteiger partial charge >= 0.3 is 5.97 Å². The van der Waals surface area contributed by atoms with Gasteiger partial charge in [-0.3, -0.25) is 4.79 Å². The van der Waals surface area contributed by atoms with Gasteiger partial charge in [-0.1, -0.05) is 0 Å². The Morgan fingerprint density at radius 2 is 2.07 bits per heavy atom. The molecule has 0 N–H and O–H groups in total. The average Bonchev–Trinajstić information content (AvgIpc) is 2.10. The van der Waals surface area contributed by atoms with Crippen molar-refractivity contribution in [2.45, 2.75) is 19.3 Å². The molecule has 14 heavy (non-hydrogen) atoms. The van der Waals surface area contributed by atoms with E-state index in [9.17, 15) is 13.6 Å². The van der Waals surface area contributed by atoms with Gasteiger partial charge in [-0.2, -0.15) is 0 Å². The lowest BCUT2D eigenvalue weighted by Crippen LogP contribution is -2.57. The second-order valence-corrected chi connectivity index (χ2v) is 4.02. The summed E-state index contributed by atoms with van der Waals surface area (Å²) >= 11 is 0. The third-order valence-corrected chi connectivity index (χ3v) is 2.91. The maximum absolute atomic E-state index is 13.6. The van der Waals surface area contributed by atoms with Gasteiger partial charge in [0.15, 0.2) is 0 Å². The summed E-state index contributed by atoms with van der Waals surface area (Å²) in [5.41, 5.74) is -1.67. The van der Waals surface area contributed by atoms with Crippen molar-refractivity contribution in [2.24, 2.45) is 5.41 Å². The predicted molar refractivity (Wildman–Crippen MR) is 47.2 cm³/mol. The van der Waals surface area contributed by atoms with Gasteiger partial charge in [0.05, 0.1) is 13.7 Å². The number of esters is 1. The van der Waals surface area contributed by atoms with Gasteiger partial charge in [-0.25, -0.2) is 8.78 Å². The number of hydrogen-bond acceptors (Lipinski definition) is 3. The van der Waals surface area contributed by atoms with E-state index in [4.69, 9.17) is 0 Å². The van der Waals surface area contributed by atoms with Crippen LogP contribution in [0.3, 0.4) is 0 Å². The lowest BCUT2D eigenvalue weighted by Gasteiger charge is -2.42. The maximum atomic E-state index is 13.6. The van der Waals surface area contributed by atoms with Crippen molar-refractivity contribution in [2.75, 3.05) is 27.2 Å². The summed E-state index contributed by atoms with van der Waals surface area (Å²) in [4.78, 5) is 12.8. The fraction of sp³-hybridized carbons (Fsp3) is 0.889. The molecule has 82 valence electrons. The van der Waals surface area contributed by atoms with Crippen LogP contribution in [0.1, 0.15) is 13.3 Å². The Balaban J connectivity index is 2.92. The first-order valence-electron chi connectivity index (χ1n) is 4.48. The molecule has 0 aliphatic carbocycles. The van der Waals surface area contributed by atoms with E-state index >= 15 is 0 Å². The number of halogens is 2. The summed E-state index contributed by atoms with van der Waals surface area (Å²) < 4.78 is 31.6. The van der Waals surface area contributed by atoms with Crippen molar-refractivity contribution in [3.63, 3.8) is 0 Å². The van der Waals surface area contributed by atoms with Gasteiger partial charge in [0.2, 0.25) is 0 Å². The summed E-state index contributed by atoms with van der Waals surface area (Å²) in [5, 5.41) is 0. The standard InChI is InChI=1S/C9H15F2NO2/c1-8(7(13)14-3)4-5-12(2)6-9(8,10)11/h4-6H2,1-3H3. The highest BCUT2D eigenvalue weighted by Crippen LogP contribution is 2.43. The third kappa shape index (κ3) is 1.61. The van der Waals surface area contributed by atoms with E-state index in [0.29, 0.717) is 6.54 Å². The highest BCUT2D eigenvalue weighted by molar-refractivity contribution is 5.77. The van der Waals surface area contributed by atoms with Crippen molar-refractivity contribution >= 4 is 5.97 Å². The number of likely N-dealkylation sites (tertiary alicyclic amines) is 1. The highest BCUT2D eigenvalue weighted by Gasteiger charge is 2.58. The molecule has 3 nitrogen and oxygen atoms in total. The molecule has 1 aliphatic heterocycles. The molecule has 1 fully saturated rings. The fourth-order valence-electron chi connectivity index (χ4n) is 1.67. The molecular weight excluding hydrogens is 192 g/mol. The Hall–Kier alpha value is -0.710. The molecule has 1 saturated heterocycles. The van der Waals surface area contributed by atoms with E-state index < -0.39 is 23.9 Å². The van der Waals surface area contributed by atoms with Crippen LogP contribution in [-0.4, -0.2) is 44.0 Å². The maximum Gasteiger partial charge on any atom is 0.317 e. The molecule has 0 aromatic carbocycles. The monoisotopic (exact) mass is 207 g/mol.